The van der Waals surface area contributed by atoms with Gasteiger partial charge in [0.05, 0.1) is 0 Å². The molecule has 0 aliphatic rings. The number of imidazole rings is 2. The highest BCUT2D eigenvalue weighted by molar-refractivity contribution is 6.01. The topological polar surface area (TPSA) is 52.7 Å². The molecule has 0 atom stereocenters. The Bertz CT molecular complexity index is 927. The monoisotopic (exact) mass is 376 g/mol. The molecule has 5 heteroatoms. The Morgan fingerprint density at radius 1 is 0.821 bits per heavy atom. The lowest BCUT2D eigenvalue weighted by Gasteiger charge is -2.01. The number of hydrogen-bond acceptors (Lipinski definition) is 3. The van der Waals surface area contributed by atoms with Crippen LogP contribution in [0.25, 0.3) is 12.2 Å². The molecule has 2 aromatic rings. The van der Waals surface area contributed by atoms with Crippen molar-refractivity contribution in [3.05, 3.63) is 84.0 Å². The van der Waals surface area contributed by atoms with Crippen LogP contribution in [0.1, 0.15) is 39.3 Å². The molecule has 0 fully saturated rings. The van der Waals surface area contributed by atoms with Crippen LogP contribution in [0.4, 0.5) is 0 Å². The third-order valence-corrected chi connectivity index (χ3v) is 3.90. The summed E-state index contributed by atoms with van der Waals surface area (Å²) in [5.41, 5.74) is 2.51. The highest BCUT2D eigenvalue weighted by Gasteiger charge is 1.98. The normalized spacial score (nSPS) is 11.6. The molecule has 28 heavy (non-hydrogen) atoms. The lowest BCUT2D eigenvalue weighted by molar-refractivity contribution is -0.110. The third-order valence-electron chi connectivity index (χ3n) is 3.90. The van der Waals surface area contributed by atoms with Crippen LogP contribution in [0.15, 0.2) is 72.4 Å². The van der Waals surface area contributed by atoms with E-state index in [1.165, 1.54) is 23.3 Å². The molecule has 2 rings (SSSR count). The second-order valence-corrected chi connectivity index (χ2v) is 6.89. The van der Waals surface area contributed by atoms with E-state index in [0.29, 0.717) is 0 Å². The number of aromatic nitrogens is 4. The standard InChI is InChI=1S/C23H28N4O/c1-19(2)11-15-26-17-13-24-22(26)8-6-5-7-21(28)9-10-23-25-14-18-27(23)16-12-20(3)4/h5-14,17-18H,15-16H2,1-4H3/b7-5+,8-6+,10-9+. The maximum atomic E-state index is 12.0. The average Bonchev–Trinajstić information content (AvgIpc) is 3.28. The minimum Gasteiger partial charge on any atom is -0.328 e. The first kappa shape index (κ1) is 21.1. The van der Waals surface area contributed by atoms with Gasteiger partial charge in [-0.2, -0.15) is 0 Å². The van der Waals surface area contributed by atoms with Gasteiger partial charge in [0, 0.05) is 37.9 Å². The van der Waals surface area contributed by atoms with Gasteiger partial charge < -0.3 is 9.13 Å². The fourth-order valence-corrected chi connectivity index (χ4v) is 2.33. The number of hydrogen-bond donors (Lipinski definition) is 0. The molecule has 0 spiro atoms. The van der Waals surface area contributed by atoms with Gasteiger partial charge in [-0.3, -0.25) is 4.79 Å². The second-order valence-electron chi connectivity index (χ2n) is 6.89. The van der Waals surface area contributed by atoms with E-state index >= 15 is 0 Å². The predicted molar refractivity (Wildman–Crippen MR) is 116 cm³/mol. The van der Waals surface area contributed by atoms with Gasteiger partial charge in [-0.25, -0.2) is 9.97 Å². The zero-order valence-electron chi connectivity index (χ0n) is 17.0. The number of rotatable bonds is 9. The fraction of sp³-hybridized carbons (Fsp3) is 0.261. The third kappa shape index (κ3) is 7.19. The Balaban J connectivity index is 1.93. The van der Waals surface area contributed by atoms with Crippen LogP contribution in [0.2, 0.25) is 0 Å². The first-order valence-corrected chi connectivity index (χ1v) is 9.31. The number of ketones is 1. The van der Waals surface area contributed by atoms with Crippen molar-refractivity contribution in [2.24, 2.45) is 0 Å². The molecular formula is C23H28N4O. The van der Waals surface area contributed by atoms with Gasteiger partial charge in [0.1, 0.15) is 11.6 Å². The van der Waals surface area contributed by atoms with Crippen LogP contribution in [0.3, 0.4) is 0 Å². The van der Waals surface area contributed by atoms with Gasteiger partial charge in [0.15, 0.2) is 5.78 Å². The molecule has 0 amide bonds. The molecule has 0 saturated heterocycles. The lowest BCUT2D eigenvalue weighted by Crippen LogP contribution is -1.97. The number of nitrogens with zero attached hydrogens (tertiary/aromatic N) is 4. The zero-order chi connectivity index (χ0) is 20.4. The number of carbonyl (C=O) groups is 1. The van der Waals surface area contributed by atoms with Crippen molar-refractivity contribution >= 4 is 17.9 Å². The summed E-state index contributed by atoms with van der Waals surface area (Å²) in [6.07, 6.45) is 21.8. The highest BCUT2D eigenvalue weighted by atomic mass is 16.1. The van der Waals surface area contributed by atoms with Crippen molar-refractivity contribution in [3.63, 3.8) is 0 Å². The van der Waals surface area contributed by atoms with E-state index in [1.807, 2.05) is 33.7 Å². The summed E-state index contributed by atoms with van der Waals surface area (Å²) in [7, 11) is 0. The Labute approximate surface area is 167 Å². The first-order valence-electron chi connectivity index (χ1n) is 9.31. The summed E-state index contributed by atoms with van der Waals surface area (Å²) in [6, 6.07) is 0. The summed E-state index contributed by atoms with van der Waals surface area (Å²) in [6.45, 7) is 9.79. The second kappa shape index (κ2) is 10.8. The van der Waals surface area contributed by atoms with E-state index in [-0.39, 0.29) is 5.78 Å². The molecule has 0 aliphatic carbocycles. The van der Waals surface area contributed by atoms with E-state index < -0.39 is 0 Å². The Hall–Kier alpha value is -3.21. The van der Waals surface area contributed by atoms with Gasteiger partial charge in [0.2, 0.25) is 0 Å². The maximum Gasteiger partial charge on any atom is 0.178 e. The molecule has 0 unspecified atom stereocenters. The van der Waals surface area contributed by atoms with E-state index in [0.717, 1.165) is 24.7 Å². The van der Waals surface area contributed by atoms with Crippen LogP contribution < -0.4 is 0 Å². The summed E-state index contributed by atoms with van der Waals surface area (Å²) in [5, 5.41) is 0. The van der Waals surface area contributed by atoms with E-state index in [4.69, 9.17) is 0 Å². The van der Waals surface area contributed by atoms with Gasteiger partial charge in [-0.1, -0.05) is 35.5 Å². The largest absolute Gasteiger partial charge is 0.328 e. The smallest absolute Gasteiger partial charge is 0.178 e. The molecule has 0 N–H and O–H groups in total. The number of carbonyl (C=O) groups excluding carboxylic acids is 1. The molecule has 2 aromatic heterocycles. The summed E-state index contributed by atoms with van der Waals surface area (Å²) >= 11 is 0. The van der Waals surface area contributed by atoms with E-state index in [1.54, 1.807) is 24.5 Å². The molecule has 2 heterocycles. The quantitative estimate of drug-likeness (QED) is 0.357. The van der Waals surface area contributed by atoms with Gasteiger partial charge in [-0.05, 0) is 52.0 Å². The average molecular weight is 377 g/mol. The van der Waals surface area contributed by atoms with Crippen molar-refractivity contribution in [2.45, 2.75) is 40.8 Å². The van der Waals surface area contributed by atoms with E-state index in [9.17, 15) is 4.79 Å². The van der Waals surface area contributed by atoms with Crippen LogP contribution in [0.5, 0.6) is 0 Å². The SMILES string of the molecule is CC(C)=CCn1ccnc1/C=C/C=C/C(=O)/C=C/c1nccn1CC=C(C)C. The molecule has 5 nitrogen and oxygen atoms in total. The van der Waals surface area contributed by atoms with Crippen LogP contribution >= 0.6 is 0 Å². The van der Waals surface area contributed by atoms with Crippen LogP contribution in [0, 0.1) is 0 Å². The van der Waals surface area contributed by atoms with Crippen molar-refractivity contribution in [1.82, 2.24) is 19.1 Å². The Morgan fingerprint density at radius 2 is 1.36 bits per heavy atom. The minimum atomic E-state index is -0.0886. The molecule has 0 radical (unpaired) electrons. The Kier molecular flexibility index (Phi) is 8.15. The van der Waals surface area contributed by atoms with Gasteiger partial charge in [0.25, 0.3) is 0 Å². The predicted octanol–water partition coefficient (Wildman–Crippen LogP) is 4.86. The zero-order valence-corrected chi connectivity index (χ0v) is 17.0. The summed E-state index contributed by atoms with van der Waals surface area (Å²) < 4.78 is 4.04. The van der Waals surface area contributed by atoms with Gasteiger partial charge >= 0.3 is 0 Å². The number of allylic oxidation sites excluding steroid dienone is 8. The van der Waals surface area contributed by atoms with Crippen LogP contribution in [-0.4, -0.2) is 24.9 Å². The van der Waals surface area contributed by atoms with Crippen molar-refractivity contribution in [1.29, 1.82) is 0 Å². The molecule has 0 aliphatic heterocycles. The minimum absolute atomic E-state index is 0.0886. The first-order chi connectivity index (χ1) is 13.5. The van der Waals surface area contributed by atoms with Crippen molar-refractivity contribution < 1.29 is 4.79 Å². The molecule has 146 valence electrons. The van der Waals surface area contributed by atoms with Gasteiger partial charge in [-0.15, -0.1) is 0 Å². The Morgan fingerprint density at radius 3 is 1.89 bits per heavy atom. The summed E-state index contributed by atoms with van der Waals surface area (Å²) in [4.78, 5) is 20.6. The highest BCUT2D eigenvalue weighted by Crippen LogP contribution is 2.04. The maximum absolute atomic E-state index is 12.0. The summed E-state index contributed by atoms with van der Waals surface area (Å²) in [5.74, 6) is 1.52. The van der Waals surface area contributed by atoms with E-state index in [2.05, 4.69) is 49.8 Å². The molecular weight excluding hydrogens is 348 g/mol. The molecule has 0 aromatic carbocycles. The lowest BCUT2D eigenvalue weighted by atomic mass is 10.3. The molecule has 0 bridgehead atoms. The fourth-order valence-electron chi connectivity index (χ4n) is 2.33. The van der Waals surface area contributed by atoms with Crippen molar-refractivity contribution in [3.8, 4) is 0 Å². The van der Waals surface area contributed by atoms with Crippen molar-refractivity contribution in [2.75, 3.05) is 0 Å². The van der Waals surface area contributed by atoms with Crippen LogP contribution in [-0.2, 0) is 17.9 Å². The molecule has 0 saturated carbocycles.